The van der Waals surface area contributed by atoms with E-state index in [0.717, 1.165) is 9.52 Å². The number of unbranched alkanes of at least 4 members (excludes halogenated alkanes) is 8. The Morgan fingerprint density at radius 1 is 0.371 bits per heavy atom. The molecule has 8 aromatic rings. The van der Waals surface area contributed by atoms with Crippen molar-refractivity contribution in [3.05, 3.63) is 177 Å². The fourth-order valence-electron chi connectivity index (χ4n) is 10.4. The molecular formula is C66H80Cl2SiZr. The minimum atomic E-state index is -0.826. The Balaban J connectivity index is 0.000000235. The third-order valence-corrected chi connectivity index (χ3v) is 13.2. The minimum absolute atomic E-state index is 0.826. The van der Waals surface area contributed by atoms with E-state index >= 15 is 0 Å². The first kappa shape index (κ1) is 57.1. The van der Waals surface area contributed by atoms with Gasteiger partial charge in [0.15, 0.2) is 0 Å². The second-order valence-electron chi connectivity index (χ2n) is 20.1. The molecule has 0 fully saturated rings. The van der Waals surface area contributed by atoms with Crippen molar-refractivity contribution in [3.63, 3.8) is 0 Å². The van der Waals surface area contributed by atoms with Crippen LogP contribution in [0.2, 0.25) is 13.1 Å². The molecule has 0 saturated heterocycles. The van der Waals surface area contributed by atoms with E-state index in [1.54, 1.807) is 0 Å². The Bertz CT molecular complexity index is 2440. The van der Waals surface area contributed by atoms with Gasteiger partial charge in [0.1, 0.15) is 0 Å². The van der Waals surface area contributed by atoms with Crippen LogP contribution in [0.25, 0.3) is 66.1 Å². The Kier molecular flexibility index (Phi) is 23.7. The first-order valence-electron chi connectivity index (χ1n) is 26.1. The summed E-state index contributed by atoms with van der Waals surface area (Å²) in [5.41, 5.74) is 24.4. The maximum absolute atomic E-state index is 4.93. The molecule has 0 bridgehead atoms. The summed E-state index contributed by atoms with van der Waals surface area (Å²) < 4.78 is 0. The molecule has 0 aliphatic heterocycles. The molecule has 366 valence electrons. The van der Waals surface area contributed by atoms with Gasteiger partial charge in [0.25, 0.3) is 0 Å². The van der Waals surface area contributed by atoms with Crippen molar-refractivity contribution in [2.45, 2.75) is 159 Å². The molecule has 0 N–H and O–H groups in total. The van der Waals surface area contributed by atoms with Crippen LogP contribution in [-0.4, -0.2) is 9.52 Å². The average Bonchev–Trinajstić information content (AvgIpc) is 3.93. The number of aryl methyl sites for hydroxylation is 10. The summed E-state index contributed by atoms with van der Waals surface area (Å²) in [5.74, 6) is 0. The van der Waals surface area contributed by atoms with E-state index in [1.165, 1.54) is 199 Å². The first-order valence-corrected chi connectivity index (χ1v) is 34.4. The van der Waals surface area contributed by atoms with Crippen LogP contribution in [0.4, 0.5) is 0 Å². The second-order valence-corrected chi connectivity index (χ2v) is 24.8. The fraction of sp³-hybridized carbons (Fsp3) is 0.364. The Labute approximate surface area is 446 Å². The zero-order valence-electron chi connectivity index (χ0n) is 44.8. The summed E-state index contributed by atoms with van der Waals surface area (Å²) in [7, 11) is 11.0. The number of halogens is 2. The fourth-order valence-corrected chi connectivity index (χ4v) is 10.4. The molecule has 0 nitrogen and oxygen atoms in total. The van der Waals surface area contributed by atoms with Gasteiger partial charge in [0.2, 0.25) is 0 Å². The monoisotopic (exact) mass is 1060 g/mol. The Hall–Kier alpha value is -3.78. The maximum atomic E-state index is 4.93. The summed E-state index contributed by atoms with van der Waals surface area (Å²) in [6, 6.07) is 46.9. The van der Waals surface area contributed by atoms with Crippen LogP contribution < -0.4 is 0 Å². The van der Waals surface area contributed by atoms with E-state index in [4.69, 9.17) is 17.0 Å². The molecule has 8 rings (SSSR count). The molecule has 0 unspecified atom stereocenters. The molecule has 0 amide bonds. The first-order chi connectivity index (χ1) is 33.7. The van der Waals surface area contributed by atoms with Crippen LogP contribution in [0.15, 0.2) is 121 Å². The summed E-state index contributed by atoms with van der Waals surface area (Å²) >= 11 is -0.826. The van der Waals surface area contributed by atoms with Crippen molar-refractivity contribution in [1.82, 2.24) is 0 Å². The molecule has 4 heteroatoms. The van der Waals surface area contributed by atoms with E-state index in [-0.39, 0.29) is 0 Å². The van der Waals surface area contributed by atoms with Gasteiger partial charge >= 0.3 is 37.9 Å². The van der Waals surface area contributed by atoms with Crippen molar-refractivity contribution in [2.24, 2.45) is 0 Å². The molecule has 70 heavy (non-hydrogen) atoms. The number of hydrogen-bond acceptors (Lipinski definition) is 0. The van der Waals surface area contributed by atoms with Gasteiger partial charge < -0.3 is 0 Å². The summed E-state index contributed by atoms with van der Waals surface area (Å²) in [6.07, 6.45) is 15.6. The third-order valence-electron chi connectivity index (χ3n) is 13.2. The van der Waals surface area contributed by atoms with Crippen LogP contribution in [0.5, 0.6) is 0 Å². The molecule has 8 aromatic carbocycles. The summed E-state index contributed by atoms with van der Waals surface area (Å²) in [6.45, 7) is 26.5. The van der Waals surface area contributed by atoms with E-state index in [0.29, 0.717) is 0 Å². The molecule has 0 spiro atoms. The molecule has 2 radical (unpaired) electrons. The van der Waals surface area contributed by atoms with Crippen molar-refractivity contribution in [1.29, 1.82) is 0 Å². The number of benzene rings is 6. The normalized spacial score (nSPS) is 10.8. The average molecular weight is 1060 g/mol. The van der Waals surface area contributed by atoms with Gasteiger partial charge in [-0.15, -0.1) is 44.8 Å². The molecule has 0 aliphatic carbocycles. The van der Waals surface area contributed by atoms with Crippen LogP contribution >= 0.6 is 17.0 Å². The van der Waals surface area contributed by atoms with Crippen LogP contribution in [0, 0.1) is 55.4 Å². The van der Waals surface area contributed by atoms with E-state index < -0.39 is 20.8 Å². The van der Waals surface area contributed by atoms with E-state index in [2.05, 4.69) is 204 Å². The van der Waals surface area contributed by atoms with Gasteiger partial charge in [-0.3, -0.25) is 0 Å². The second kappa shape index (κ2) is 29.1. The van der Waals surface area contributed by atoms with Gasteiger partial charge in [-0.2, -0.15) is 12.1 Å². The predicted molar refractivity (Wildman–Crippen MR) is 313 cm³/mol. The van der Waals surface area contributed by atoms with E-state index in [9.17, 15) is 0 Å². The van der Waals surface area contributed by atoms with Crippen LogP contribution in [-0.2, 0) is 33.7 Å². The molecule has 0 aromatic heterocycles. The molecule has 0 aliphatic rings. The standard InChI is InChI=1S/2C32H37.C2H6Si.2ClH.Zr/c2*1-6-7-8-9-10-11-26-20-31-29(27-16-22(2)14-23(3)17-27)12-13-30(32(31)21-26)28-18-24(4)15-25(5)19-28;1-3-2;;;/h2*12-21H,6-11H2,1-5H3;1-2H3;2*1H;/q2*-1;;;;+4/p-2. The predicted octanol–water partition coefficient (Wildman–Crippen LogP) is 21.4. The van der Waals surface area contributed by atoms with Gasteiger partial charge in [-0.25, -0.2) is 0 Å². The molecule has 0 saturated carbocycles. The van der Waals surface area contributed by atoms with Gasteiger partial charge in [-0.05, 0) is 79.4 Å². The number of rotatable bonds is 16. The number of fused-ring (bicyclic) bond motifs is 2. The molecule has 0 heterocycles. The zero-order chi connectivity index (χ0) is 50.7. The van der Waals surface area contributed by atoms with Gasteiger partial charge in [0.05, 0.1) is 0 Å². The van der Waals surface area contributed by atoms with Crippen LogP contribution in [0.3, 0.4) is 0 Å². The summed E-state index contributed by atoms with van der Waals surface area (Å²) in [4.78, 5) is 0. The van der Waals surface area contributed by atoms with Crippen molar-refractivity contribution in [3.8, 4) is 44.5 Å². The van der Waals surface area contributed by atoms with Gasteiger partial charge in [-0.1, -0.05) is 266 Å². The third kappa shape index (κ3) is 16.6. The summed E-state index contributed by atoms with van der Waals surface area (Å²) in [5, 5.41) is 5.59. The SMILES string of the molecule is CCCCCCCc1cc2c(-c3cc(C)cc(C)c3)ccc(-c3cc(C)cc(C)c3)c2[cH-]1.CCCCCCCc1cc2c(-c3cc(C)cc(C)c3)ccc(-c3cc(C)cc(C)c3)c2[cH-]1.C[Si]C.[Cl][Zr+2][Cl]. The van der Waals surface area contributed by atoms with Crippen molar-refractivity contribution >= 4 is 48.1 Å². The molecule has 0 atom stereocenters. The van der Waals surface area contributed by atoms with E-state index in [1.807, 2.05) is 0 Å². The quantitative estimate of drug-likeness (QED) is 0.0514. The van der Waals surface area contributed by atoms with Crippen LogP contribution in [0.1, 0.15) is 134 Å². The Morgan fingerprint density at radius 2 is 0.614 bits per heavy atom. The van der Waals surface area contributed by atoms with Crippen molar-refractivity contribution in [2.75, 3.05) is 0 Å². The number of hydrogen-bond donors (Lipinski definition) is 0. The Morgan fingerprint density at radius 3 is 0.886 bits per heavy atom. The zero-order valence-corrected chi connectivity index (χ0v) is 49.8. The van der Waals surface area contributed by atoms with Gasteiger partial charge in [0, 0.05) is 9.52 Å². The molecular weight excluding hydrogens is 983 g/mol. The van der Waals surface area contributed by atoms with Crippen molar-refractivity contribution < 1.29 is 20.8 Å². The topological polar surface area (TPSA) is 0 Å².